The Hall–Kier alpha value is -1.02. The Balaban J connectivity index is 2.25. The van der Waals surface area contributed by atoms with E-state index in [-0.39, 0.29) is 12.0 Å². The van der Waals surface area contributed by atoms with Crippen LogP contribution >= 0.6 is 23.2 Å². The van der Waals surface area contributed by atoms with E-state index in [9.17, 15) is 0 Å². The molecule has 0 spiro atoms. The summed E-state index contributed by atoms with van der Waals surface area (Å²) in [6.45, 7) is 2.09. The van der Waals surface area contributed by atoms with Crippen LogP contribution in [-0.4, -0.2) is 0 Å². The number of hydrogen-bond donors (Lipinski definition) is 1. The molecule has 18 heavy (non-hydrogen) atoms. The maximum Gasteiger partial charge on any atom is 0.0595 e. The molecule has 0 amide bonds. The Morgan fingerprint density at radius 3 is 2.17 bits per heavy atom. The third-order valence-corrected chi connectivity index (χ3v) is 3.93. The minimum Gasteiger partial charge on any atom is -0.323 e. The van der Waals surface area contributed by atoms with E-state index in [2.05, 4.69) is 6.92 Å². The lowest BCUT2D eigenvalue weighted by molar-refractivity contribution is 0.598. The van der Waals surface area contributed by atoms with Crippen molar-refractivity contribution < 1.29 is 0 Å². The van der Waals surface area contributed by atoms with Gasteiger partial charge in [-0.2, -0.15) is 0 Å². The Labute approximate surface area is 118 Å². The van der Waals surface area contributed by atoms with Crippen LogP contribution in [0.4, 0.5) is 0 Å². The van der Waals surface area contributed by atoms with Gasteiger partial charge in [0.2, 0.25) is 0 Å². The van der Waals surface area contributed by atoms with E-state index >= 15 is 0 Å². The van der Waals surface area contributed by atoms with E-state index in [1.807, 2.05) is 48.5 Å². The summed E-state index contributed by atoms with van der Waals surface area (Å²) in [5, 5.41) is 1.14. The highest BCUT2D eigenvalue weighted by molar-refractivity contribution is 6.42. The molecule has 0 aliphatic carbocycles. The van der Waals surface area contributed by atoms with E-state index in [4.69, 9.17) is 28.9 Å². The summed E-state index contributed by atoms with van der Waals surface area (Å²) >= 11 is 12.0. The highest BCUT2D eigenvalue weighted by Gasteiger charge is 2.17. The predicted octanol–water partition coefficient (Wildman–Crippen LogP) is 4.80. The van der Waals surface area contributed by atoms with Gasteiger partial charge in [0.1, 0.15) is 0 Å². The second-order valence-electron chi connectivity index (χ2n) is 4.40. The van der Waals surface area contributed by atoms with Crippen LogP contribution in [0.15, 0.2) is 48.5 Å². The number of halogens is 2. The number of benzene rings is 2. The molecule has 2 atom stereocenters. The average molecular weight is 280 g/mol. The van der Waals surface area contributed by atoms with Crippen molar-refractivity contribution in [2.45, 2.75) is 18.9 Å². The summed E-state index contributed by atoms with van der Waals surface area (Å²) in [5.41, 5.74) is 8.50. The molecule has 0 aliphatic heterocycles. The first-order valence-corrected chi connectivity index (χ1v) is 6.60. The molecule has 94 valence electrons. The van der Waals surface area contributed by atoms with E-state index in [1.54, 1.807) is 0 Å². The van der Waals surface area contributed by atoms with Crippen LogP contribution in [0, 0.1) is 0 Å². The first kappa shape index (κ1) is 13.4. The largest absolute Gasteiger partial charge is 0.323 e. The summed E-state index contributed by atoms with van der Waals surface area (Å²) in [7, 11) is 0. The SMILES string of the molecule is CC(c1ccc(Cl)c(Cl)c1)C(N)c1ccccc1. The molecule has 2 aromatic rings. The molecule has 1 nitrogen and oxygen atoms in total. The van der Waals surface area contributed by atoms with E-state index in [0.717, 1.165) is 11.1 Å². The van der Waals surface area contributed by atoms with Crippen LogP contribution in [-0.2, 0) is 0 Å². The van der Waals surface area contributed by atoms with Gasteiger partial charge in [-0.3, -0.25) is 0 Å². The van der Waals surface area contributed by atoms with Crippen molar-refractivity contribution in [3.8, 4) is 0 Å². The van der Waals surface area contributed by atoms with Crippen molar-refractivity contribution >= 4 is 23.2 Å². The summed E-state index contributed by atoms with van der Waals surface area (Å²) < 4.78 is 0. The molecule has 0 saturated carbocycles. The van der Waals surface area contributed by atoms with Gasteiger partial charge in [-0.05, 0) is 23.3 Å². The van der Waals surface area contributed by atoms with Gasteiger partial charge in [-0.25, -0.2) is 0 Å². The third-order valence-electron chi connectivity index (χ3n) is 3.19. The highest BCUT2D eigenvalue weighted by Crippen LogP contribution is 2.32. The maximum absolute atomic E-state index is 6.28. The number of nitrogens with two attached hydrogens (primary N) is 1. The van der Waals surface area contributed by atoms with Crippen LogP contribution < -0.4 is 5.73 Å². The van der Waals surface area contributed by atoms with Gasteiger partial charge in [-0.15, -0.1) is 0 Å². The van der Waals surface area contributed by atoms with Crippen molar-refractivity contribution in [1.82, 2.24) is 0 Å². The first-order chi connectivity index (χ1) is 8.59. The van der Waals surface area contributed by atoms with Crippen molar-refractivity contribution in [3.63, 3.8) is 0 Å². The van der Waals surface area contributed by atoms with Gasteiger partial charge in [0.25, 0.3) is 0 Å². The van der Waals surface area contributed by atoms with Gasteiger partial charge in [-0.1, -0.05) is 66.5 Å². The Morgan fingerprint density at radius 2 is 1.56 bits per heavy atom. The van der Waals surface area contributed by atoms with Crippen molar-refractivity contribution in [1.29, 1.82) is 0 Å². The molecule has 0 fully saturated rings. The molecule has 2 rings (SSSR count). The van der Waals surface area contributed by atoms with Crippen LogP contribution in [0.2, 0.25) is 10.0 Å². The Morgan fingerprint density at radius 1 is 0.889 bits per heavy atom. The van der Waals surface area contributed by atoms with Crippen LogP contribution in [0.25, 0.3) is 0 Å². The molecule has 0 aromatic heterocycles. The average Bonchev–Trinajstić information content (AvgIpc) is 2.41. The minimum atomic E-state index is -0.0524. The van der Waals surface area contributed by atoms with Gasteiger partial charge in [0.15, 0.2) is 0 Å². The summed E-state index contributed by atoms with van der Waals surface area (Å²) in [6.07, 6.45) is 0. The first-order valence-electron chi connectivity index (χ1n) is 5.85. The fourth-order valence-electron chi connectivity index (χ4n) is 1.97. The zero-order chi connectivity index (χ0) is 13.1. The molecule has 2 N–H and O–H groups in total. The maximum atomic E-state index is 6.28. The van der Waals surface area contributed by atoms with Gasteiger partial charge in [0, 0.05) is 12.0 Å². The van der Waals surface area contributed by atoms with Crippen molar-refractivity contribution in [2.75, 3.05) is 0 Å². The second-order valence-corrected chi connectivity index (χ2v) is 5.21. The number of hydrogen-bond acceptors (Lipinski definition) is 1. The standard InChI is InChI=1S/C15H15Cl2N/c1-10(12-7-8-13(16)14(17)9-12)15(18)11-5-3-2-4-6-11/h2-10,15H,18H2,1H3. The summed E-state index contributed by atoms with van der Waals surface area (Å²) in [4.78, 5) is 0. The molecule has 2 unspecified atom stereocenters. The minimum absolute atomic E-state index is 0.0524. The van der Waals surface area contributed by atoms with E-state index in [0.29, 0.717) is 10.0 Å². The lowest BCUT2D eigenvalue weighted by Gasteiger charge is -2.21. The third kappa shape index (κ3) is 2.86. The van der Waals surface area contributed by atoms with E-state index in [1.165, 1.54) is 0 Å². The summed E-state index contributed by atoms with van der Waals surface area (Å²) in [5.74, 6) is 0.183. The van der Waals surface area contributed by atoms with Gasteiger partial charge >= 0.3 is 0 Å². The predicted molar refractivity (Wildman–Crippen MR) is 78.2 cm³/mol. The molecule has 0 saturated heterocycles. The Kier molecular flexibility index (Phi) is 4.28. The zero-order valence-electron chi connectivity index (χ0n) is 10.1. The van der Waals surface area contributed by atoms with Gasteiger partial charge < -0.3 is 5.73 Å². The second kappa shape index (κ2) is 5.75. The molecular weight excluding hydrogens is 265 g/mol. The van der Waals surface area contributed by atoms with Crippen LogP contribution in [0.5, 0.6) is 0 Å². The quantitative estimate of drug-likeness (QED) is 0.858. The fourth-order valence-corrected chi connectivity index (χ4v) is 2.27. The Bertz CT molecular complexity index is 525. The lowest BCUT2D eigenvalue weighted by Crippen LogP contribution is -2.17. The fraction of sp³-hybridized carbons (Fsp3) is 0.200. The molecule has 2 aromatic carbocycles. The smallest absolute Gasteiger partial charge is 0.0595 e. The normalized spacial score (nSPS) is 14.2. The van der Waals surface area contributed by atoms with Crippen molar-refractivity contribution in [3.05, 3.63) is 69.7 Å². The summed E-state index contributed by atoms with van der Waals surface area (Å²) in [6, 6.07) is 15.7. The lowest BCUT2D eigenvalue weighted by atomic mass is 9.89. The molecular formula is C15H15Cl2N. The molecule has 3 heteroatoms. The van der Waals surface area contributed by atoms with Crippen LogP contribution in [0.1, 0.15) is 30.0 Å². The molecule has 0 heterocycles. The van der Waals surface area contributed by atoms with Crippen LogP contribution in [0.3, 0.4) is 0 Å². The van der Waals surface area contributed by atoms with Crippen molar-refractivity contribution in [2.24, 2.45) is 5.73 Å². The molecule has 0 aliphatic rings. The van der Waals surface area contributed by atoms with E-state index < -0.39 is 0 Å². The zero-order valence-corrected chi connectivity index (χ0v) is 11.6. The molecule has 0 radical (unpaired) electrons. The molecule has 0 bridgehead atoms. The topological polar surface area (TPSA) is 26.0 Å². The highest BCUT2D eigenvalue weighted by atomic mass is 35.5. The number of rotatable bonds is 3. The van der Waals surface area contributed by atoms with Gasteiger partial charge in [0.05, 0.1) is 10.0 Å². The monoisotopic (exact) mass is 279 g/mol.